The lowest BCUT2D eigenvalue weighted by Crippen LogP contribution is -2.56. The molecule has 2 saturated heterocycles. The molecule has 3 rings (SSSR count). The van der Waals surface area contributed by atoms with Crippen LogP contribution in [0.25, 0.3) is 0 Å². The molecule has 4 nitrogen and oxygen atoms in total. The minimum absolute atomic E-state index is 0.0468. The van der Waals surface area contributed by atoms with E-state index in [1.807, 2.05) is 19.1 Å². The zero-order valence-electron chi connectivity index (χ0n) is 11.7. The second kappa shape index (κ2) is 5.81. The number of fused-ring (bicyclic) bond motifs is 1. The summed E-state index contributed by atoms with van der Waals surface area (Å²) < 4.78 is 27.2. The predicted molar refractivity (Wildman–Crippen MR) is 87.3 cm³/mol. The van der Waals surface area contributed by atoms with Gasteiger partial charge in [0.1, 0.15) is 0 Å². The molecule has 2 aliphatic rings. The Balaban J connectivity index is 1.89. The smallest absolute Gasteiger partial charge is 0.244 e. The highest BCUT2D eigenvalue weighted by Crippen LogP contribution is 2.38. The molecule has 0 spiro atoms. The van der Waals surface area contributed by atoms with Crippen molar-refractivity contribution >= 4 is 37.6 Å². The fraction of sp³-hybridized carbons (Fsp3) is 0.571. The number of benzene rings is 1. The van der Waals surface area contributed by atoms with Gasteiger partial charge in [-0.2, -0.15) is 4.31 Å². The maximum atomic E-state index is 12.8. The van der Waals surface area contributed by atoms with Gasteiger partial charge in [-0.1, -0.05) is 33.6 Å². The van der Waals surface area contributed by atoms with Gasteiger partial charge in [-0.05, 0) is 25.5 Å². The average Bonchev–Trinajstić information content (AvgIpc) is 2.89. The minimum Gasteiger partial charge on any atom is -0.299 e. The second-order valence-corrected chi connectivity index (χ2v) is 9.27. The second-order valence-electron chi connectivity index (χ2n) is 5.69. The number of hydrogen-bond acceptors (Lipinski definition) is 3. The molecule has 1 aromatic rings. The molecule has 2 fully saturated rings. The van der Waals surface area contributed by atoms with E-state index in [0.29, 0.717) is 18.0 Å². The summed E-state index contributed by atoms with van der Waals surface area (Å²) in [5.74, 6) is 0.144. The number of nitrogens with zero attached hydrogens (tertiary/aromatic N) is 1. The molecule has 0 amide bonds. The lowest BCUT2D eigenvalue weighted by molar-refractivity contribution is 0.244. The van der Waals surface area contributed by atoms with E-state index in [0.717, 1.165) is 12.0 Å². The van der Waals surface area contributed by atoms with E-state index < -0.39 is 10.0 Å². The van der Waals surface area contributed by atoms with Crippen LogP contribution in [0.4, 0.5) is 0 Å². The predicted octanol–water partition coefficient (Wildman–Crippen LogP) is 2.31. The van der Waals surface area contributed by atoms with Crippen LogP contribution in [0.1, 0.15) is 12.0 Å². The van der Waals surface area contributed by atoms with Gasteiger partial charge in [-0.3, -0.25) is 5.32 Å². The van der Waals surface area contributed by atoms with Crippen LogP contribution in [-0.4, -0.2) is 42.2 Å². The Labute approximate surface area is 139 Å². The van der Waals surface area contributed by atoms with E-state index in [1.165, 1.54) is 0 Å². The summed E-state index contributed by atoms with van der Waals surface area (Å²) in [4.78, 5) is 0.532. The first-order valence-corrected chi connectivity index (χ1v) is 9.80. The molecule has 7 heteroatoms. The van der Waals surface area contributed by atoms with Crippen LogP contribution in [-0.2, 0) is 10.0 Å². The summed E-state index contributed by atoms with van der Waals surface area (Å²) in [5, 5.41) is 3.27. The van der Waals surface area contributed by atoms with Gasteiger partial charge in [0, 0.05) is 23.8 Å². The lowest BCUT2D eigenvalue weighted by Gasteiger charge is -2.37. The molecular formula is C14H18BrClN2O2S. The van der Waals surface area contributed by atoms with Gasteiger partial charge >= 0.3 is 0 Å². The van der Waals surface area contributed by atoms with Gasteiger partial charge in [0.05, 0.1) is 16.4 Å². The minimum atomic E-state index is -3.47. The molecule has 1 N–H and O–H groups in total. The first-order valence-electron chi connectivity index (χ1n) is 7.01. The monoisotopic (exact) mass is 392 g/mol. The maximum Gasteiger partial charge on any atom is 0.244 e. The quantitative estimate of drug-likeness (QED) is 0.785. The van der Waals surface area contributed by atoms with Crippen molar-refractivity contribution in [3.05, 3.63) is 29.8 Å². The SMILES string of the molecule is Cc1ccc(S(=O)(=O)N2CCC3C(Cl)C(Br)CNC32)cc1. The molecule has 4 unspecified atom stereocenters. The Morgan fingerprint density at radius 1 is 1.33 bits per heavy atom. The van der Waals surface area contributed by atoms with E-state index in [9.17, 15) is 8.42 Å². The highest BCUT2D eigenvalue weighted by atomic mass is 79.9. The highest BCUT2D eigenvalue weighted by molar-refractivity contribution is 9.09. The molecule has 0 saturated carbocycles. The van der Waals surface area contributed by atoms with E-state index in [4.69, 9.17) is 11.6 Å². The molecule has 4 atom stereocenters. The van der Waals surface area contributed by atoms with Crippen molar-refractivity contribution in [3.8, 4) is 0 Å². The van der Waals surface area contributed by atoms with Gasteiger partial charge in [-0.15, -0.1) is 11.6 Å². The molecule has 2 heterocycles. The summed E-state index contributed by atoms with van der Waals surface area (Å²) in [5.41, 5.74) is 1.05. The third-order valence-electron chi connectivity index (χ3n) is 4.30. The average molecular weight is 394 g/mol. The van der Waals surface area contributed by atoms with Gasteiger partial charge in [0.15, 0.2) is 0 Å². The van der Waals surface area contributed by atoms with Crippen molar-refractivity contribution in [2.75, 3.05) is 13.1 Å². The van der Waals surface area contributed by atoms with Crippen LogP contribution in [0.5, 0.6) is 0 Å². The Hall–Kier alpha value is -0.140. The number of nitrogens with one attached hydrogen (secondary N) is 1. The first-order chi connectivity index (χ1) is 9.91. The van der Waals surface area contributed by atoms with Crippen molar-refractivity contribution in [3.63, 3.8) is 0 Å². The number of halogens is 2. The van der Waals surface area contributed by atoms with Crippen LogP contribution in [0, 0.1) is 12.8 Å². The Morgan fingerprint density at radius 2 is 2.00 bits per heavy atom. The zero-order valence-corrected chi connectivity index (χ0v) is 14.8. The zero-order chi connectivity index (χ0) is 15.2. The lowest BCUT2D eigenvalue weighted by atomic mass is 9.95. The van der Waals surface area contributed by atoms with Crippen LogP contribution in [0.3, 0.4) is 0 Å². The number of rotatable bonds is 2. The summed E-state index contributed by atoms with van der Waals surface area (Å²) >= 11 is 9.99. The topological polar surface area (TPSA) is 49.4 Å². The molecule has 0 aromatic heterocycles. The Morgan fingerprint density at radius 3 is 2.67 bits per heavy atom. The number of sulfonamides is 1. The fourth-order valence-corrected chi connectivity index (χ4v) is 5.66. The van der Waals surface area contributed by atoms with Crippen LogP contribution >= 0.6 is 27.5 Å². The summed E-state index contributed by atoms with van der Waals surface area (Å²) in [6, 6.07) is 7.00. The maximum absolute atomic E-state index is 12.8. The van der Waals surface area contributed by atoms with Gasteiger partial charge in [0.2, 0.25) is 10.0 Å². The third-order valence-corrected chi connectivity index (χ3v) is 8.02. The van der Waals surface area contributed by atoms with Crippen molar-refractivity contribution in [1.82, 2.24) is 9.62 Å². The van der Waals surface area contributed by atoms with Crippen molar-refractivity contribution in [2.45, 2.75) is 34.6 Å². The van der Waals surface area contributed by atoms with Gasteiger partial charge < -0.3 is 0 Å². The summed E-state index contributed by atoms with van der Waals surface area (Å²) in [6.45, 7) is 3.13. The molecule has 2 aliphatic heterocycles. The fourth-order valence-electron chi connectivity index (χ4n) is 3.10. The van der Waals surface area contributed by atoms with Crippen LogP contribution < -0.4 is 5.32 Å². The molecule has 1 aromatic carbocycles. The number of alkyl halides is 2. The number of aryl methyl sites for hydroxylation is 1. The Kier molecular flexibility index (Phi) is 4.36. The molecular weight excluding hydrogens is 376 g/mol. The summed E-state index contributed by atoms with van der Waals surface area (Å²) in [7, 11) is -3.47. The largest absolute Gasteiger partial charge is 0.299 e. The van der Waals surface area contributed by atoms with E-state index in [2.05, 4.69) is 21.2 Å². The van der Waals surface area contributed by atoms with E-state index in [-0.39, 0.29) is 22.3 Å². The first kappa shape index (κ1) is 15.7. The summed E-state index contributed by atoms with van der Waals surface area (Å²) in [6.07, 6.45) is 0.589. The van der Waals surface area contributed by atoms with Crippen LogP contribution in [0.15, 0.2) is 29.2 Å². The normalized spacial score (nSPS) is 33.9. The Bertz CT molecular complexity index is 622. The van der Waals surface area contributed by atoms with Crippen molar-refractivity contribution in [1.29, 1.82) is 0 Å². The number of piperidine rings is 1. The van der Waals surface area contributed by atoms with Crippen molar-refractivity contribution in [2.24, 2.45) is 5.92 Å². The standard InChI is InChI=1S/C14H18BrClN2O2S/c1-9-2-4-10(5-3-9)21(19,20)18-7-6-11-13(16)12(15)8-17-14(11)18/h2-5,11-14,17H,6-8H2,1H3. The molecule has 0 aliphatic carbocycles. The van der Waals surface area contributed by atoms with Gasteiger partial charge in [-0.25, -0.2) is 8.42 Å². The third kappa shape index (κ3) is 2.77. The molecule has 0 bridgehead atoms. The van der Waals surface area contributed by atoms with E-state index >= 15 is 0 Å². The van der Waals surface area contributed by atoms with E-state index in [1.54, 1.807) is 16.4 Å². The number of hydrogen-bond donors (Lipinski definition) is 1. The van der Waals surface area contributed by atoms with Crippen LogP contribution in [0.2, 0.25) is 0 Å². The molecule has 21 heavy (non-hydrogen) atoms. The van der Waals surface area contributed by atoms with Gasteiger partial charge in [0.25, 0.3) is 0 Å². The molecule has 0 radical (unpaired) electrons. The van der Waals surface area contributed by atoms with Crippen molar-refractivity contribution < 1.29 is 8.42 Å². The molecule has 116 valence electrons. The highest BCUT2D eigenvalue weighted by Gasteiger charge is 2.48.